The van der Waals surface area contributed by atoms with E-state index in [4.69, 9.17) is 5.11 Å². The van der Waals surface area contributed by atoms with Gasteiger partial charge >= 0.3 is 32.7 Å². The van der Waals surface area contributed by atoms with E-state index in [-0.39, 0.29) is 32.7 Å². The van der Waals surface area contributed by atoms with Crippen LogP contribution >= 0.6 is 0 Å². The SMILES string of the molecule is [CH2-]C(O)CNC.[Y+3]. The zero-order valence-corrected chi connectivity index (χ0v) is 7.35. The van der Waals surface area contributed by atoms with Crippen molar-refractivity contribution in [3.63, 3.8) is 0 Å². The van der Waals surface area contributed by atoms with Gasteiger partial charge in [-0.15, -0.1) is 0 Å². The molecule has 0 rings (SSSR count). The Morgan fingerprint density at radius 1 is 1.86 bits per heavy atom. The number of hydrogen-bond acceptors (Lipinski definition) is 2. The van der Waals surface area contributed by atoms with Gasteiger partial charge in [-0.3, -0.25) is 0 Å². The molecule has 0 amide bonds. The molecule has 2 N–H and O–H groups in total. The molecule has 0 aliphatic heterocycles. The molecule has 0 aromatic rings. The van der Waals surface area contributed by atoms with E-state index in [2.05, 4.69) is 12.2 Å². The van der Waals surface area contributed by atoms with Crippen molar-refractivity contribution >= 4 is 0 Å². The van der Waals surface area contributed by atoms with Crippen LogP contribution in [-0.4, -0.2) is 24.8 Å². The topological polar surface area (TPSA) is 32.3 Å². The summed E-state index contributed by atoms with van der Waals surface area (Å²) in [5.74, 6) is 0. The van der Waals surface area contributed by atoms with Gasteiger partial charge in [-0.1, -0.05) is 6.10 Å². The molecule has 0 aromatic heterocycles. The fraction of sp³-hybridized carbons (Fsp3) is 0.750. The molecule has 0 heterocycles. The van der Waals surface area contributed by atoms with Crippen LogP contribution in [0.5, 0.6) is 0 Å². The molecule has 1 atom stereocenters. The summed E-state index contributed by atoms with van der Waals surface area (Å²) in [4.78, 5) is 0. The summed E-state index contributed by atoms with van der Waals surface area (Å²) in [6.07, 6.45) is -0.463. The van der Waals surface area contributed by atoms with Crippen LogP contribution in [0.3, 0.4) is 0 Å². The summed E-state index contributed by atoms with van der Waals surface area (Å²) in [6, 6.07) is 0. The fourth-order valence-corrected chi connectivity index (χ4v) is 0.236. The van der Waals surface area contributed by atoms with Crippen molar-refractivity contribution in [2.75, 3.05) is 13.6 Å². The number of aliphatic hydroxyl groups excluding tert-OH is 1. The second-order valence-corrected chi connectivity index (χ2v) is 1.21. The molecule has 38 valence electrons. The van der Waals surface area contributed by atoms with E-state index in [1.807, 2.05) is 0 Å². The minimum absolute atomic E-state index is 0. The number of rotatable bonds is 2. The van der Waals surface area contributed by atoms with Crippen LogP contribution < -0.4 is 5.32 Å². The van der Waals surface area contributed by atoms with Crippen molar-refractivity contribution in [1.82, 2.24) is 5.32 Å². The predicted molar refractivity (Wildman–Crippen MR) is 25.3 cm³/mol. The fourth-order valence-electron chi connectivity index (χ4n) is 0.236. The zero-order valence-electron chi connectivity index (χ0n) is 4.52. The molecule has 0 aliphatic rings. The summed E-state index contributed by atoms with van der Waals surface area (Å²) in [6.45, 7) is 3.89. The van der Waals surface area contributed by atoms with E-state index in [9.17, 15) is 0 Å². The smallest absolute Gasteiger partial charge is 0.424 e. The Bertz CT molecular complexity index is 32.9. The van der Waals surface area contributed by atoms with Crippen molar-refractivity contribution < 1.29 is 37.8 Å². The van der Waals surface area contributed by atoms with Crippen LogP contribution in [0, 0.1) is 6.92 Å². The van der Waals surface area contributed by atoms with E-state index in [0.717, 1.165) is 0 Å². The van der Waals surface area contributed by atoms with Crippen LogP contribution in [-0.2, 0) is 32.7 Å². The van der Waals surface area contributed by atoms with Crippen LogP contribution in [0.2, 0.25) is 0 Å². The Labute approximate surface area is 69.6 Å². The first kappa shape index (κ1) is 10.9. The van der Waals surface area contributed by atoms with Crippen molar-refractivity contribution in [2.24, 2.45) is 0 Å². The van der Waals surface area contributed by atoms with Crippen molar-refractivity contribution in [2.45, 2.75) is 6.10 Å². The third-order valence-electron chi connectivity index (χ3n) is 0.440. The molecule has 0 radical (unpaired) electrons. The maximum absolute atomic E-state index is 8.38. The summed E-state index contributed by atoms with van der Waals surface area (Å²) >= 11 is 0. The maximum atomic E-state index is 8.38. The Hall–Kier alpha value is 1.02. The van der Waals surface area contributed by atoms with Gasteiger partial charge in [0.05, 0.1) is 0 Å². The first-order valence-electron chi connectivity index (χ1n) is 1.93. The molecule has 0 spiro atoms. The summed E-state index contributed by atoms with van der Waals surface area (Å²) in [7, 11) is 1.77. The first-order valence-corrected chi connectivity index (χ1v) is 1.93. The van der Waals surface area contributed by atoms with Gasteiger partial charge in [0.2, 0.25) is 0 Å². The molecule has 0 saturated heterocycles. The number of nitrogens with one attached hydrogen (secondary N) is 1. The zero-order chi connectivity index (χ0) is 4.99. The van der Waals surface area contributed by atoms with E-state index in [1.54, 1.807) is 7.05 Å². The molecular weight excluding hydrogens is 167 g/mol. The van der Waals surface area contributed by atoms with Crippen molar-refractivity contribution in [3.05, 3.63) is 6.92 Å². The molecular formula is C4H10NOY+2. The first-order chi connectivity index (χ1) is 2.77. The summed E-state index contributed by atoms with van der Waals surface area (Å²) < 4.78 is 0. The predicted octanol–water partition coefficient (Wildman–Crippen LogP) is -0.602. The number of aliphatic hydroxyl groups is 1. The molecule has 0 saturated carbocycles. The molecule has 0 fully saturated rings. The quantitative estimate of drug-likeness (QED) is 0.552. The van der Waals surface area contributed by atoms with Gasteiger partial charge in [-0.05, 0) is 13.6 Å². The van der Waals surface area contributed by atoms with E-state index < -0.39 is 6.10 Å². The van der Waals surface area contributed by atoms with Crippen LogP contribution in [0.15, 0.2) is 0 Å². The van der Waals surface area contributed by atoms with Gasteiger partial charge in [0.1, 0.15) is 0 Å². The van der Waals surface area contributed by atoms with E-state index >= 15 is 0 Å². The van der Waals surface area contributed by atoms with Gasteiger partial charge in [0, 0.05) is 0 Å². The van der Waals surface area contributed by atoms with Gasteiger partial charge in [-0.2, -0.15) is 0 Å². The molecule has 7 heavy (non-hydrogen) atoms. The van der Waals surface area contributed by atoms with Gasteiger partial charge in [-0.25, -0.2) is 0 Å². The number of likely N-dealkylation sites (N-methyl/N-ethyl adjacent to an activating group) is 1. The minimum atomic E-state index is -0.463. The normalized spacial score (nSPS) is 12.4. The van der Waals surface area contributed by atoms with E-state index in [0.29, 0.717) is 6.54 Å². The average molecular weight is 177 g/mol. The summed E-state index contributed by atoms with van der Waals surface area (Å²) in [5.41, 5.74) is 0. The largest absolute Gasteiger partial charge is 3.00 e. The molecule has 0 bridgehead atoms. The number of hydrogen-bond donors (Lipinski definition) is 2. The third-order valence-corrected chi connectivity index (χ3v) is 0.440. The Morgan fingerprint density at radius 2 is 2.29 bits per heavy atom. The average Bonchev–Trinajstić information content (AvgIpc) is 1.35. The Kier molecular flexibility index (Phi) is 10.9. The van der Waals surface area contributed by atoms with Gasteiger partial charge in [0.25, 0.3) is 0 Å². The van der Waals surface area contributed by atoms with Gasteiger partial charge in [0.15, 0.2) is 0 Å². The third kappa shape index (κ3) is 10.9. The minimum Gasteiger partial charge on any atom is -0.424 e. The molecule has 2 nitrogen and oxygen atoms in total. The molecule has 0 aromatic carbocycles. The van der Waals surface area contributed by atoms with Crippen molar-refractivity contribution in [1.29, 1.82) is 0 Å². The Morgan fingerprint density at radius 3 is 2.29 bits per heavy atom. The van der Waals surface area contributed by atoms with E-state index in [1.165, 1.54) is 0 Å². The molecule has 3 heteroatoms. The Balaban J connectivity index is 0. The van der Waals surface area contributed by atoms with Crippen molar-refractivity contribution in [3.8, 4) is 0 Å². The standard InChI is InChI=1S/C4H10NO.Y/c1-4(6)3-5-2;/h4-6H,1,3H2,2H3;/q-1;+3. The second-order valence-electron chi connectivity index (χ2n) is 1.21. The molecule has 1 unspecified atom stereocenters. The summed E-state index contributed by atoms with van der Waals surface area (Å²) in [5, 5.41) is 11.1. The van der Waals surface area contributed by atoms with Crippen LogP contribution in [0.25, 0.3) is 0 Å². The van der Waals surface area contributed by atoms with Crippen LogP contribution in [0.1, 0.15) is 0 Å². The monoisotopic (exact) mass is 177 g/mol. The molecule has 0 aliphatic carbocycles. The van der Waals surface area contributed by atoms with Gasteiger partial charge < -0.3 is 17.3 Å². The maximum Gasteiger partial charge on any atom is 3.00 e. The second kappa shape index (κ2) is 7.02. The van der Waals surface area contributed by atoms with Crippen LogP contribution in [0.4, 0.5) is 0 Å².